The standard InChI is InChI=1S/C32H32N4O3S/c37-31(34-19-25-12-6-7-16-33-25)28-21-40-29(35-28)20-39-26-14-13-22-15-17-36(32(38)24-10-4-5-11-24)30(27(22)18-26)23-8-2-1-3-9-23/h1-3,6-9,12-14,16,18,21,24,30H,4-5,10-11,15,17,19-20H2,(H,34,37). The number of carbonyl (C=O) groups excluding carboxylic acids is 2. The number of carbonyl (C=O) groups is 2. The summed E-state index contributed by atoms with van der Waals surface area (Å²) >= 11 is 1.40. The predicted octanol–water partition coefficient (Wildman–Crippen LogP) is 5.71. The van der Waals surface area contributed by atoms with E-state index in [1.165, 1.54) is 16.9 Å². The van der Waals surface area contributed by atoms with Gasteiger partial charge < -0.3 is 15.0 Å². The van der Waals surface area contributed by atoms with Crippen LogP contribution in [0.15, 0.2) is 78.3 Å². The van der Waals surface area contributed by atoms with Crippen LogP contribution in [0.4, 0.5) is 0 Å². The quantitative estimate of drug-likeness (QED) is 0.303. The number of hydrogen-bond acceptors (Lipinski definition) is 6. The molecular weight excluding hydrogens is 520 g/mol. The van der Waals surface area contributed by atoms with Crippen LogP contribution in [0, 0.1) is 5.92 Å². The van der Waals surface area contributed by atoms with Crippen molar-refractivity contribution in [2.75, 3.05) is 6.54 Å². The van der Waals surface area contributed by atoms with E-state index in [9.17, 15) is 9.59 Å². The Balaban J connectivity index is 1.16. The highest BCUT2D eigenvalue weighted by Gasteiger charge is 2.36. The van der Waals surface area contributed by atoms with Gasteiger partial charge >= 0.3 is 0 Å². The Morgan fingerprint density at radius 1 is 1.02 bits per heavy atom. The molecule has 204 valence electrons. The van der Waals surface area contributed by atoms with E-state index >= 15 is 0 Å². The summed E-state index contributed by atoms with van der Waals surface area (Å²) in [5.74, 6) is 0.901. The minimum Gasteiger partial charge on any atom is -0.486 e. The van der Waals surface area contributed by atoms with Crippen LogP contribution < -0.4 is 10.1 Å². The SMILES string of the molecule is O=C(NCc1ccccn1)c1csc(COc2ccc3c(c2)C(c2ccccc2)N(C(=O)C2CCCC2)CC3)n1. The molecule has 2 aliphatic rings. The summed E-state index contributed by atoms with van der Waals surface area (Å²) in [4.78, 5) is 37.0. The average Bonchev–Trinajstić information content (AvgIpc) is 3.72. The molecule has 2 amide bonds. The van der Waals surface area contributed by atoms with Gasteiger partial charge in [-0.05, 0) is 60.2 Å². The Morgan fingerprint density at radius 2 is 1.85 bits per heavy atom. The third kappa shape index (κ3) is 5.77. The second kappa shape index (κ2) is 12.0. The molecule has 6 rings (SSSR count). The molecule has 0 radical (unpaired) electrons. The summed E-state index contributed by atoms with van der Waals surface area (Å²) in [6.07, 6.45) is 6.79. The number of ether oxygens (including phenoxy) is 1. The molecular formula is C32H32N4O3S. The van der Waals surface area contributed by atoms with Crippen molar-refractivity contribution in [3.05, 3.63) is 111 Å². The molecule has 1 aliphatic carbocycles. The maximum Gasteiger partial charge on any atom is 0.271 e. The van der Waals surface area contributed by atoms with Gasteiger partial charge in [0.05, 0.1) is 18.3 Å². The molecule has 1 unspecified atom stereocenters. The van der Waals surface area contributed by atoms with Crippen LogP contribution in [-0.2, 0) is 24.4 Å². The zero-order valence-electron chi connectivity index (χ0n) is 22.3. The van der Waals surface area contributed by atoms with E-state index in [-0.39, 0.29) is 30.4 Å². The Bertz CT molecular complexity index is 1470. The molecule has 0 saturated heterocycles. The van der Waals surface area contributed by atoms with Crippen molar-refractivity contribution in [3.8, 4) is 5.75 Å². The number of fused-ring (bicyclic) bond motifs is 1. The lowest BCUT2D eigenvalue weighted by molar-refractivity contribution is -0.137. The molecule has 7 nitrogen and oxygen atoms in total. The Morgan fingerprint density at radius 3 is 2.65 bits per heavy atom. The topological polar surface area (TPSA) is 84.4 Å². The number of aromatic nitrogens is 2. The van der Waals surface area contributed by atoms with Crippen molar-refractivity contribution >= 4 is 23.2 Å². The van der Waals surface area contributed by atoms with Gasteiger partial charge in [-0.25, -0.2) is 4.98 Å². The van der Waals surface area contributed by atoms with E-state index in [1.54, 1.807) is 11.6 Å². The van der Waals surface area contributed by atoms with Crippen molar-refractivity contribution in [1.82, 2.24) is 20.2 Å². The highest BCUT2D eigenvalue weighted by atomic mass is 32.1. The number of rotatable bonds is 8. The van der Waals surface area contributed by atoms with Crippen LogP contribution in [0.2, 0.25) is 0 Å². The first kappa shape index (κ1) is 26.2. The summed E-state index contributed by atoms with van der Waals surface area (Å²) in [5.41, 5.74) is 4.65. The van der Waals surface area contributed by atoms with Gasteiger partial charge in [-0.1, -0.05) is 55.3 Å². The number of nitrogens with one attached hydrogen (secondary N) is 1. The van der Waals surface area contributed by atoms with Crippen molar-refractivity contribution in [2.45, 2.75) is 51.3 Å². The fourth-order valence-corrected chi connectivity index (χ4v) is 6.40. The molecule has 4 aromatic rings. The van der Waals surface area contributed by atoms with Crippen LogP contribution in [-0.4, -0.2) is 33.2 Å². The van der Waals surface area contributed by atoms with Crippen molar-refractivity contribution in [2.24, 2.45) is 5.92 Å². The maximum atomic E-state index is 13.6. The molecule has 1 fully saturated rings. The van der Waals surface area contributed by atoms with Crippen molar-refractivity contribution in [1.29, 1.82) is 0 Å². The van der Waals surface area contributed by atoms with E-state index < -0.39 is 0 Å². The molecule has 2 aromatic heterocycles. The lowest BCUT2D eigenvalue weighted by Crippen LogP contribution is -2.43. The second-order valence-corrected chi connectivity index (χ2v) is 11.3. The second-order valence-electron chi connectivity index (χ2n) is 10.4. The molecule has 2 aromatic carbocycles. The van der Waals surface area contributed by atoms with E-state index in [0.717, 1.165) is 66.2 Å². The lowest BCUT2D eigenvalue weighted by Gasteiger charge is -2.39. The minimum absolute atomic E-state index is 0.129. The zero-order chi connectivity index (χ0) is 27.3. The first-order valence-electron chi connectivity index (χ1n) is 13.9. The Labute approximate surface area is 238 Å². The van der Waals surface area contributed by atoms with Gasteiger partial charge in [0, 0.05) is 24.0 Å². The van der Waals surface area contributed by atoms with Crippen molar-refractivity contribution < 1.29 is 14.3 Å². The first-order valence-corrected chi connectivity index (χ1v) is 14.8. The monoisotopic (exact) mass is 552 g/mol. The summed E-state index contributed by atoms with van der Waals surface area (Å²) in [6, 6.07) is 22.0. The molecule has 3 heterocycles. The van der Waals surface area contributed by atoms with Crippen molar-refractivity contribution in [3.63, 3.8) is 0 Å². The Hall–Kier alpha value is -4.04. The van der Waals surface area contributed by atoms with Gasteiger partial charge in [-0.15, -0.1) is 11.3 Å². The third-order valence-corrected chi connectivity index (χ3v) is 8.57. The fraction of sp³-hybridized carbons (Fsp3) is 0.312. The number of amides is 2. The van der Waals surface area contributed by atoms with Gasteiger partial charge in [-0.2, -0.15) is 0 Å². The molecule has 1 saturated carbocycles. The molecule has 1 N–H and O–H groups in total. The van der Waals surface area contributed by atoms with Gasteiger partial charge in [-0.3, -0.25) is 14.6 Å². The van der Waals surface area contributed by atoms with E-state index in [2.05, 4.69) is 44.5 Å². The largest absolute Gasteiger partial charge is 0.486 e. The van der Waals surface area contributed by atoms with Crippen LogP contribution >= 0.6 is 11.3 Å². The molecule has 1 aliphatic heterocycles. The van der Waals surface area contributed by atoms with Crippen LogP contribution in [0.3, 0.4) is 0 Å². The molecule has 0 bridgehead atoms. The lowest BCUT2D eigenvalue weighted by atomic mass is 9.87. The third-order valence-electron chi connectivity index (χ3n) is 7.75. The Kier molecular flexibility index (Phi) is 7.86. The molecule has 1 atom stereocenters. The predicted molar refractivity (Wildman–Crippen MR) is 154 cm³/mol. The highest BCUT2D eigenvalue weighted by molar-refractivity contribution is 7.09. The van der Waals surface area contributed by atoms with Crippen LogP contribution in [0.25, 0.3) is 0 Å². The molecule has 0 spiro atoms. The zero-order valence-corrected chi connectivity index (χ0v) is 23.1. The van der Waals surface area contributed by atoms with E-state index in [0.29, 0.717) is 12.2 Å². The van der Waals surface area contributed by atoms with E-state index in [4.69, 9.17) is 4.74 Å². The number of nitrogens with zero attached hydrogens (tertiary/aromatic N) is 3. The molecule has 40 heavy (non-hydrogen) atoms. The van der Waals surface area contributed by atoms with Gasteiger partial charge in [0.2, 0.25) is 5.91 Å². The average molecular weight is 553 g/mol. The van der Waals surface area contributed by atoms with Crippen LogP contribution in [0.1, 0.15) is 69.6 Å². The minimum atomic E-state index is -0.236. The number of pyridine rings is 1. The van der Waals surface area contributed by atoms with Gasteiger partial charge in [0.15, 0.2) is 0 Å². The number of thiazole rings is 1. The fourth-order valence-electron chi connectivity index (χ4n) is 5.71. The van der Waals surface area contributed by atoms with Gasteiger partial charge in [0.25, 0.3) is 5.91 Å². The smallest absolute Gasteiger partial charge is 0.271 e. The summed E-state index contributed by atoms with van der Waals surface area (Å²) in [6.45, 7) is 1.34. The highest BCUT2D eigenvalue weighted by Crippen LogP contribution is 2.39. The number of benzene rings is 2. The first-order chi connectivity index (χ1) is 19.7. The van der Waals surface area contributed by atoms with E-state index in [1.807, 2.05) is 42.5 Å². The summed E-state index contributed by atoms with van der Waals surface area (Å²) in [5, 5.41) is 5.33. The maximum absolute atomic E-state index is 13.6. The van der Waals surface area contributed by atoms with Crippen LogP contribution in [0.5, 0.6) is 5.75 Å². The molecule has 8 heteroatoms. The van der Waals surface area contributed by atoms with Gasteiger partial charge in [0.1, 0.15) is 23.1 Å². The normalized spacial score (nSPS) is 16.9. The summed E-state index contributed by atoms with van der Waals surface area (Å²) in [7, 11) is 0. The number of hydrogen-bond donors (Lipinski definition) is 1. The summed E-state index contributed by atoms with van der Waals surface area (Å²) < 4.78 is 6.16.